The summed E-state index contributed by atoms with van der Waals surface area (Å²) in [6.07, 6.45) is -0.324. The molecule has 0 aliphatic carbocycles. The Morgan fingerprint density at radius 1 is 1.47 bits per heavy atom. The number of nitrogens with one attached hydrogen (secondary N) is 1. The van der Waals surface area contributed by atoms with Crippen molar-refractivity contribution in [1.82, 2.24) is 5.32 Å². The topological polar surface area (TPSA) is 38.3 Å². The normalized spacial score (nSPS) is 20.2. The molecule has 1 N–H and O–H groups in total. The molecule has 1 unspecified atom stereocenters. The molecule has 2 rings (SSSR count). The number of amides is 1. The van der Waals surface area contributed by atoms with E-state index in [0.717, 1.165) is 5.56 Å². The van der Waals surface area contributed by atoms with Gasteiger partial charge in [-0.1, -0.05) is 38.1 Å². The molecule has 1 aliphatic rings. The van der Waals surface area contributed by atoms with Crippen LogP contribution >= 0.6 is 0 Å². The fourth-order valence-electron chi connectivity index (χ4n) is 1.70. The van der Waals surface area contributed by atoms with Gasteiger partial charge in [0, 0.05) is 0 Å². The fourth-order valence-corrected chi connectivity index (χ4v) is 1.70. The lowest BCUT2D eigenvalue weighted by atomic mass is 9.98. The van der Waals surface area contributed by atoms with Crippen LogP contribution in [-0.4, -0.2) is 12.7 Å². The van der Waals surface area contributed by atoms with Crippen LogP contribution in [0.25, 0.3) is 0 Å². The Hall–Kier alpha value is -1.51. The highest BCUT2D eigenvalue weighted by Crippen LogP contribution is 2.22. The van der Waals surface area contributed by atoms with Crippen molar-refractivity contribution in [1.29, 1.82) is 0 Å². The first kappa shape index (κ1) is 10.0. The van der Waals surface area contributed by atoms with Crippen LogP contribution < -0.4 is 5.32 Å². The minimum absolute atomic E-state index is 0.0104. The zero-order valence-corrected chi connectivity index (χ0v) is 8.99. The lowest BCUT2D eigenvalue weighted by molar-refractivity contribution is 0.177. The number of carbonyl (C=O) groups is 1. The molecule has 1 saturated heterocycles. The summed E-state index contributed by atoms with van der Waals surface area (Å²) < 4.78 is 4.87. The molecule has 3 heteroatoms. The van der Waals surface area contributed by atoms with Gasteiger partial charge in [-0.25, -0.2) is 4.79 Å². The highest BCUT2D eigenvalue weighted by Gasteiger charge is 2.23. The standard InChI is InChI=1S/C12H15NO2/c1-8(2)9-4-3-5-10(6-9)11-7-15-12(14)13-11/h3-6,8,11H,7H2,1-2H3,(H,13,14). The van der Waals surface area contributed by atoms with Gasteiger partial charge in [-0.2, -0.15) is 0 Å². The molecule has 1 aliphatic heterocycles. The van der Waals surface area contributed by atoms with Crippen LogP contribution in [-0.2, 0) is 4.74 Å². The molecule has 1 amide bonds. The SMILES string of the molecule is CC(C)c1cccc(C2COC(=O)N2)c1. The molecule has 0 spiro atoms. The van der Waals surface area contributed by atoms with Gasteiger partial charge in [-0.05, 0) is 17.0 Å². The van der Waals surface area contributed by atoms with Crippen molar-refractivity contribution >= 4 is 6.09 Å². The van der Waals surface area contributed by atoms with Gasteiger partial charge >= 0.3 is 6.09 Å². The number of alkyl carbamates (subject to hydrolysis) is 1. The summed E-state index contributed by atoms with van der Waals surface area (Å²) in [6, 6.07) is 8.28. The molecule has 3 nitrogen and oxygen atoms in total. The van der Waals surface area contributed by atoms with Crippen molar-refractivity contribution < 1.29 is 9.53 Å². The predicted octanol–water partition coefficient (Wildman–Crippen LogP) is 2.59. The smallest absolute Gasteiger partial charge is 0.407 e. The van der Waals surface area contributed by atoms with Gasteiger partial charge < -0.3 is 10.1 Å². The second-order valence-electron chi connectivity index (χ2n) is 4.12. The van der Waals surface area contributed by atoms with Gasteiger partial charge in [-0.15, -0.1) is 0 Å². The fraction of sp³-hybridized carbons (Fsp3) is 0.417. The van der Waals surface area contributed by atoms with Gasteiger partial charge in [0.2, 0.25) is 0 Å². The van der Waals surface area contributed by atoms with Gasteiger partial charge in [0.25, 0.3) is 0 Å². The molecule has 0 bridgehead atoms. The minimum Gasteiger partial charge on any atom is -0.447 e. The van der Waals surface area contributed by atoms with E-state index in [4.69, 9.17) is 4.74 Å². The summed E-state index contributed by atoms with van der Waals surface area (Å²) in [5, 5.41) is 2.78. The molecule has 15 heavy (non-hydrogen) atoms. The van der Waals surface area contributed by atoms with E-state index < -0.39 is 0 Å². The Bertz CT molecular complexity index is 374. The maximum Gasteiger partial charge on any atom is 0.407 e. The first-order valence-electron chi connectivity index (χ1n) is 5.20. The number of benzene rings is 1. The van der Waals surface area contributed by atoms with Gasteiger partial charge in [0.1, 0.15) is 6.61 Å². The molecular weight excluding hydrogens is 190 g/mol. The Labute approximate surface area is 89.4 Å². The number of cyclic esters (lactones) is 1. The third-order valence-electron chi connectivity index (χ3n) is 2.65. The van der Waals surface area contributed by atoms with Crippen molar-refractivity contribution in [2.24, 2.45) is 0 Å². The van der Waals surface area contributed by atoms with Crippen LogP contribution in [0.3, 0.4) is 0 Å². The summed E-state index contributed by atoms with van der Waals surface area (Å²) in [7, 11) is 0. The van der Waals surface area contributed by atoms with E-state index in [0.29, 0.717) is 12.5 Å². The number of hydrogen-bond donors (Lipinski definition) is 1. The Morgan fingerprint density at radius 3 is 2.87 bits per heavy atom. The first-order valence-corrected chi connectivity index (χ1v) is 5.20. The number of hydrogen-bond acceptors (Lipinski definition) is 2. The van der Waals surface area contributed by atoms with E-state index in [1.807, 2.05) is 12.1 Å². The van der Waals surface area contributed by atoms with Gasteiger partial charge in [0.15, 0.2) is 0 Å². The molecule has 0 aromatic heterocycles. The zero-order valence-electron chi connectivity index (χ0n) is 8.99. The van der Waals surface area contributed by atoms with Crippen molar-refractivity contribution in [3.05, 3.63) is 35.4 Å². The third-order valence-corrected chi connectivity index (χ3v) is 2.65. The van der Waals surface area contributed by atoms with E-state index in [2.05, 4.69) is 31.3 Å². The van der Waals surface area contributed by atoms with E-state index >= 15 is 0 Å². The van der Waals surface area contributed by atoms with Crippen LogP contribution in [0, 0.1) is 0 Å². The van der Waals surface area contributed by atoms with Crippen LogP contribution in [0.5, 0.6) is 0 Å². The van der Waals surface area contributed by atoms with Gasteiger partial charge in [0.05, 0.1) is 6.04 Å². The number of rotatable bonds is 2. The second kappa shape index (κ2) is 3.93. The minimum atomic E-state index is -0.324. The Balaban J connectivity index is 2.21. The number of ether oxygens (including phenoxy) is 1. The summed E-state index contributed by atoms with van der Waals surface area (Å²) in [6.45, 7) is 4.74. The van der Waals surface area contributed by atoms with Crippen LogP contribution in [0.2, 0.25) is 0 Å². The third kappa shape index (κ3) is 2.12. The second-order valence-corrected chi connectivity index (χ2v) is 4.12. The largest absolute Gasteiger partial charge is 0.447 e. The average Bonchev–Trinajstić information content (AvgIpc) is 2.65. The average molecular weight is 205 g/mol. The summed E-state index contributed by atoms with van der Waals surface area (Å²) in [5.41, 5.74) is 2.40. The van der Waals surface area contributed by atoms with E-state index in [-0.39, 0.29) is 12.1 Å². The lowest BCUT2D eigenvalue weighted by Gasteiger charge is -2.11. The van der Waals surface area contributed by atoms with Crippen molar-refractivity contribution in [2.75, 3.05) is 6.61 Å². The maximum atomic E-state index is 10.9. The molecule has 1 aromatic rings. The van der Waals surface area contributed by atoms with Crippen LogP contribution in [0.15, 0.2) is 24.3 Å². The van der Waals surface area contributed by atoms with Crippen molar-refractivity contribution in [3.8, 4) is 0 Å². The highest BCUT2D eigenvalue weighted by molar-refractivity contribution is 5.70. The summed E-state index contributed by atoms with van der Waals surface area (Å²) in [4.78, 5) is 10.9. The molecule has 1 aromatic carbocycles. The van der Waals surface area contributed by atoms with E-state index in [9.17, 15) is 4.79 Å². The van der Waals surface area contributed by atoms with E-state index in [1.165, 1.54) is 5.56 Å². The monoisotopic (exact) mass is 205 g/mol. The van der Waals surface area contributed by atoms with Crippen LogP contribution in [0.4, 0.5) is 4.79 Å². The molecule has 1 fully saturated rings. The lowest BCUT2D eigenvalue weighted by Crippen LogP contribution is -2.18. The predicted molar refractivity (Wildman–Crippen MR) is 57.8 cm³/mol. The molecule has 80 valence electrons. The zero-order chi connectivity index (χ0) is 10.8. The van der Waals surface area contributed by atoms with Crippen molar-refractivity contribution in [3.63, 3.8) is 0 Å². The van der Waals surface area contributed by atoms with Crippen LogP contribution in [0.1, 0.15) is 36.9 Å². The number of carbonyl (C=O) groups excluding carboxylic acids is 1. The maximum absolute atomic E-state index is 10.9. The molecule has 1 heterocycles. The molecule has 0 radical (unpaired) electrons. The first-order chi connectivity index (χ1) is 7.16. The Kier molecular flexibility index (Phi) is 2.62. The molecule has 0 saturated carbocycles. The molecular formula is C12H15NO2. The van der Waals surface area contributed by atoms with Crippen molar-refractivity contribution in [2.45, 2.75) is 25.8 Å². The Morgan fingerprint density at radius 2 is 2.27 bits per heavy atom. The van der Waals surface area contributed by atoms with E-state index in [1.54, 1.807) is 0 Å². The highest BCUT2D eigenvalue weighted by atomic mass is 16.6. The molecule has 1 atom stereocenters. The quantitative estimate of drug-likeness (QED) is 0.805. The summed E-state index contributed by atoms with van der Waals surface area (Å²) >= 11 is 0. The summed E-state index contributed by atoms with van der Waals surface area (Å²) in [5.74, 6) is 0.503. The van der Waals surface area contributed by atoms with Gasteiger partial charge in [-0.3, -0.25) is 0 Å².